The number of aromatic hydroxyl groups is 1. The summed E-state index contributed by atoms with van der Waals surface area (Å²) in [5.41, 5.74) is 1.24. The van der Waals surface area contributed by atoms with Crippen molar-refractivity contribution in [1.29, 1.82) is 0 Å². The third-order valence-corrected chi connectivity index (χ3v) is 4.82. The molecule has 0 aromatic heterocycles. The first-order chi connectivity index (χ1) is 14.6. The molecule has 0 bridgehead atoms. The summed E-state index contributed by atoms with van der Waals surface area (Å²) < 4.78 is 21.6. The lowest BCUT2D eigenvalue weighted by Crippen LogP contribution is -2.49. The Balaban J connectivity index is 1.24. The fourth-order valence-electron chi connectivity index (χ4n) is 3.20. The first-order valence-corrected chi connectivity index (χ1v) is 9.57. The van der Waals surface area contributed by atoms with Crippen molar-refractivity contribution >= 4 is 12.0 Å². The molecule has 1 saturated heterocycles. The molecule has 9 heteroatoms. The van der Waals surface area contributed by atoms with Gasteiger partial charge < -0.3 is 34.3 Å². The van der Waals surface area contributed by atoms with Crippen LogP contribution in [-0.4, -0.2) is 61.1 Å². The number of nitrogens with zero attached hydrogens (tertiary/aromatic N) is 1. The second kappa shape index (κ2) is 8.91. The SMILES string of the molecule is O=C(NCC1CN(C(=O)OCc2ccc3c(c2)OCO3)CCO1)c1ccc(O)cc1. The van der Waals surface area contributed by atoms with Crippen molar-refractivity contribution in [1.82, 2.24) is 10.2 Å². The summed E-state index contributed by atoms with van der Waals surface area (Å²) in [4.78, 5) is 26.2. The largest absolute Gasteiger partial charge is 0.508 e. The van der Waals surface area contributed by atoms with Crippen molar-refractivity contribution < 1.29 is 33.6 Å². The second-order valence-corrected chi connectivity index (χ2v) is 6.94. The zero-order chi connectivity index (χ0) is 20.9. The van der Waals surface area contributed by atoms with Crippen LogP contribution in [0, 0.1) is 0 Å². The van der Waals surface area contributed by atoms with Gasteiger partial charge in [0.25, 0.3) is 5.91 Å². The summed E-state index contributed by atoms with van der Waals surface area (Å²) in [6.07, 6.45) is -0.774. The predicted octanol–water partition coefficient (Wildman–Crippen LogP) is 1.89. The normalized spacial score (nSPS) is 17.5. The van der Waals surface area contributed by atoms with Gasteiger partial charge in [-0.15, -0.1) is 0 Å². The lowest BCUT2D eigenvalue weighted by atomic mass is 10.2. The Morgan fingerprint density at radius 2 is 1.93 bits per heavy atom. The van der Waals surface area contributed by atoms with Gasteiger partial charge in [0.05, 0.1) is 19.3 Å². The Hall–Kier alpha value is -3.46. The maximum Gasteiger partial charge on any atom is 0.410 e. The van der Waals surface area contributed by atoms with Crippen molar-refractivity contribution in [3.05, 3.63) is 53.6 Å². The fraction of sp³-hybridized carbons (Fsp3) is 0.333. The molecule has 2 N–H and O–H groups in total. The summed E-state index contributed by atoms with van der Waals surface area (Å²) in [5.74, 6) is 1.13. The minimum absolute atomic E-state index is 0.0945. The molecule has 0 saturated carbocycles. The number of hydrogen-bond acceptors (Lipinski definition) is 7. The van der Waals surface area contributed by atoms with Crippen LogP contribution in [-0.2, 0) is 16.1 Å². The molecule has 0 spiro atoms. The van der Waals surface area contributed by atoms with E-state index in [9.17, 15) is 14.7 Å². The van der Waals surface area contributed by atoms with E-state index in [1.807, 2.05) is 6.07 Å². The van der Waals surface area contributed by atoms with Gasteiger partial charge in [-0.05, 0) is 42.0 Å². The number of morpholine rings is 1. The van der Waals surface area contributed by atoms with Crippen molar-refractivity contribution in [3.63, 3.8) is 0 Å². The number of phenolic OH excluding ortho intramolecular Hbond substituents is 1. The van der Waals surface area contributed by atoms with E-state index in [0.717, 1.165) is 5.56 Å². The van der Waals surface area contributed by atoms with Crippen LogP contribution in [0.25, 0.3) is 0 Å². The molecule has 158 valence electrons. The molecule has 2 aliphatic rings. The molecule has 2 heterocycles. The molecular formula is C21H22N2O7. The van der Waals surface area contributed by atoms with E-state index in [2.05, 4.69) is 5.32 Å². The number of fused-ring (bicyclic) bond motifs is 1. The van der Waals surface area contributed by atoms with Crippen LogP contribution >= 0.6 is 0 Å². The van der Waals surface area contributed by atoms with Gasteiger partial charge in [-0.3, -0.25) is 4.79 Å². The van der Waals surface area contributed by atoms with Gasteiger partial charge in [0.15, 0.2) is 11.5 Å². The molecule has 4 rings (SSSR count). The highest BCUT2D eigenvalue weighted by molar-refractivity contribution is 5.94. The highest BCUT2D eigenvalue weighted by atomic mass is 16.7. The Morgan fingerprint density at radius 1 is 1.13 bits per heavy atom. The summed E-state index contributed by atoms with van der Waals surface area (Å²) >= 11 is 0. The number of rotatable bonds is 5. The van der Waals surface area contributed by atoms with Crippen molar-refractivity contribution in [2.24, 2.45) is 0 Å². The third-order valence-electron chi connectivity index (χ3n) is 4.82. The minimum atomic E-state index is -0.439. The lowest BCUT2D eigenvalue weighted by molar-refractivity contribution is -0.0263. The second-order valence-electron chi connectivity index (χ2n) is 6.94. The molecule has 1 unspecified atom stereocenters. The van der Waals surface area contributed by atoms with Gasteiger partial charge >= 0.3 is 6.09 Å². The average molecular weight is 414 g/mol. The van der Waals surface area contributed by atoms with Gasteiger partial charge in [0.1, 0.15) is 12.4 Å². The molecule has 0 aliphatic carbocycles. The number of amides is 2. The van der Waals surface area contributed by atoms with Crippen LogP contribution in [0.1, 0.15) is 15.9 Å². The quantitative estimate of drug-likeness (QED) is 0.769. The standard InChI is InChI=1S/C21H22N2O7/c24-16-4-2-15(3-5-16)20(25)22-10-17-11-23(7-8-27-17)21(26)28-12-14-1-6-18-19(9-14)30-13-29-18/h1-6,9,17,24H,7-8,10-13H2,(H,22,25). The van der Waals surface area contributed by atoms with Gasteiger partial charge in [0, 0.05) is 18.7 Å². The van der Waals surface area contributed by atoms with E-state index >= 15 is 0 Å². The van der Waals surface area contributed by atoms with Crippen LogP contribution in [0.15, 0.2) is 42.5 Å². The van der Waals surface area contributed by atoms with Crippen LogP contribution in [0.5, 0.6) is 17.2 Å². The van der Waals surface area contributed by atoms with Crippen molar-refractivity contribution in [3.8, 4) is 17.2 Å². The predicted molar refractivity (Wildman–Crippen MR) is 105 cm³/mol. The van der Waals surface area contributed by atoms with E-state index < -0.39 is 6.09 Å². The van der Waals surface area contributed by atoms with Crippen LogP contribution in [0.3, 0.4) is 0 Å². The molecule has 2 aromatic carbocycles. The van der Waals surface area contributed by atoms with Crippen LogP contribution in [0.2, 0.25) is 0 Å². The minimum Gasteiger partial charge on any atom is -0.508 e. The Morgan fingerprint density at radius 3 is 2.77 bits per heavy atom. The molecule has 1 atom stereocenters. The smallest absolute Gasteiger partial charge is 0.410 e. The molecule has 2 amide bonds. The highest BCUT2D eigenvalue weighted by Gasteiger charge is 2.26. The highest BCUT2D eigenvalue weighted by Crippen LogP contribution is 2.32. The molecule has 0 radical (unpaired) electrons. The van der Waals surface area contributed by atoms with Crippen LogP contribution < -0.4 is 14.8 Å². The molecule has 2 aromatic rings. The molecule has 2 aliphatic heterocycles. The average Bonchev–Trinajstić information content (AvgIpc) is 3.24. The zero-order valence-electron chi connectivity index (χ0n) is 16.2. The summed E-state index contributed by atoms with van der Waals surface area (Å²) in [6, 6.07) is 11.4. The number of nitrogens with one attached hydrogen (secondary N) is 1. The molecule has 9 nitrogen and oxygen atoms in total. The number of ether oxygens (including phenoxy) is 4. The van der Waals surface area contributed by atoms with E-state index in [4.69, 9.17) is 18.9 Å². The number of carbonyl (C=O) groups excluding carboxylic acids is 2. The maximum absolute atomic E-state index is 12.4. The van der Waals surface area contributed by atoms with E-state index in [-0.39, 0.29) is 37.7 Å². The van der Waals surface area contributed by atoms with Crippen LogP contribution in [0.4, 0.5) is 4.79 Å². The van der Waals surface area contributed by atoms with Gasteiger partial charge in [-0.2, -0.15) is 0 Å². The van der Waals surface area contributed by atoms with E-state index in [0.29, 0.717) is 36.8 Å². The van der Waals surface area contributed by atoms with E-state index in [1.165, 1.54) is 24.3 Å². The lowest BCUT2D eigenvalue weighted by Gasteiger charge is -2.32. The zero-order valence-corrected chi connectivity index (χ0v) is 16.2. The van der Waals surface area contributed by atoms with Crippen molar-refractivity contribution in [2.75, 3.05) is 33.0 Å². The van der Waals surface area contributed by atoms with Crippen molar-refractivity contribution in [2.45, 2.75) is 12.7 Å². The third kappa shape index (κ3) is 4.74. The van der Waals surface area contributed by atoms with Gasteiger partial charge in [0.2, 0.25) is 6.79 Å². The number of carbonyl (C=O) groups is 2. The first-order valence-electron chi connectivity index (χ1n) is 9.57. The first kappa shape index (κ1) is 19.8. The van der Waals surface area contributed by atoms with E-state index in [1.54, 1.807) is 17.0 Å². The fourth-order valence-corrected chi connectivity index (χ4v) is 3.20. The molecule has 30 heavy (non-hydrogen) atoms. The Kier molecular flexibility index (Phi) is 5.89. The molecule has 1 fully saturated rings. The Labute approximate surface area is 173 Å². The Bertz CT molecular complexity index is 916. The summed E-state index contributed by atoms with van der Waals surface area (Å²) in [5, 5.41) is 12.1. The van der Waals surface area contributed by atoms with Gasteiger partial charge in [-0.1, -0.05) is 6.07 Å². The number of hydrogen-bond donors (Lipinski definition) is 2. The maximum atomic E-state index is 12.4. The monoisotopic (exact) mass is 414 g/mol. The topological polar surface area (TPSA) is 107 Å². The molecular weight excluding hydrogens is 392 g/mol. The number of phenols is 1. The summed E-state index contributed by atoms with van der Waals surface area (Å²) in [6.45, 7) is 1.66. The number of benzene rings is 2. The van der Waals surface area contributed by atoms with Gasteiger partial charge in [-0.25, -0.2) is 4.79 Å². The summed E-state index contributed by atoms with van der Waals surface area (Å²) in [7, 11) is 0.